The van der Waals surface area contributed by atoms with Crippen molar-refractivity contribution < 1.29 is 0 Å². The van der Waals surface area contributed by atoms with E-state index < -0.39 is 0 Å². The second-order valence-electron chi connectivity index (χ2n) is 3.11. The van der Waals surface area contributed by atoms with Gasteiger partial charge < -0.3 is 16.0 Å². The van der Waals surface area contributed by atoms with Gasteiger partial charge >= 0.3 is 0 Å². The number of fused-ring (bicyclic) bond motifs is 1. The molecule has 2 heterocycles. The van der Waals surface area contributed by atoms with Crippen molar-refractivity contribution in [2.24, 2.45) is 5.73 Å². The van der Waals surface area contributed by atoms with Crippen LogP contribution < -0.4 is 11.5 Å². The zero-order valence-electron chi connectivity index (χ0n) is 8.02. The maximum atomic E-state index is 5.69. The molecule has 80 valence electrons. The molecule has 0 spiro atoms. The molecule has 0 aliphatic carbocycles. The van der Waals surface area contributed by atoms with E-state index in [2.05, 4.69) is 30.9 Å². The molecule has 0 amide bonds. The van der Waals surface area contributed by atoms with Gasteiger partial charge in [0, 0.05) is 6.54 Å². The van der Waals surface area contributed by atoms with Crippen molar-refractivity contribution in [3.8, 4) is 0 Å². The summed E-state index contributed by atoms with van der Waals surface area (Å²) in [5.41, 5.74) is 12.5. The molecule has 0 bridgehead atoms. The van der Waals surface area contributed by atoms with Crippen LogP contribution in [0, 0.1) is 0 Å². The minimum atomic E-state index is 0.396. The molecule has 0 aromatic carbocycles. The quantitative estimate of drug-likeness (QED) is 0.793. The lowest BCUT2D eigenvalue weighted by molar-refractivity contribution is 0.649. The molecule has 15 heavy (non-hydrogen) atoms. The third-order valence-corrected chi connectivity index (χ3v) is 2.70. The Morgan fingerprint density at radius 1 is 1.40 bits per heavy atom. The molecule has 0 saturated carbocycles. The maximum absolute atomic E-state index is 5.69. The predicted molar refractivity (Wildman–Crippen MR) is 61.1 cm³/mol. The van der Waals surface area contributed by atoms with Gasteiger partial charge in [0.25, 0.3) is 0 Å². The summed E-state index contributed by atoms with van der Waals surface area (Å²) in [6, 6.07) is 0. The number of nitrogens with two attached hydrogens (primary N) is 2. The first-order valence-corrected chi connectivity index (χ1v) is 5.35. The van der Waals surface area contributed by atoms with Crippen LogP contribution in [-0.4, -0.2) is 26.1 Å². The van der Waals surface area contributed by atoms with E-state index in [-0.39, 0.29) is 0 Å². The molecular weight excluding hydrogens is 260 g/mol. The number of nitrogens with zero attached hydrogens (tertiary/aromatic N) is 4. The normalized spacial score (nSPS) is 11.1. The van der Waals surface area contributed by atoms with Crippen molar-refractivity contribution >= 4 is 32.9 Å². The van der Waals surface area contributed by atoms with Crippen molar-refractivity contribution in [1.82, 2.24) is 19.5 Å². The number of aryl methyl sites for hydroxylation is 1. The number of hydrogen-bond donors (Lipinski definition) is 2. The predicted octanol–water partition coefficient (Wildman–Crippen LogP) is 0.520. The van der Waals surface area contributed by atoms with Crippen LogP contribution in [0.4, 0.5) is 5.82 Å². The maximum Gasteiger partial charge on any atom is 0.179 e. The van der Waals surface area contributed by atoms with E-state index in [1.54, 1.807) is 0 Å². The summed E-state index contributed by atoms with van der Waals surface area (Å²) in [6.07, 6.45) is 2.30. The monoisotopic (exact) mass is 270 g/mol. The first-order chi connectivity index (χ1) is 7.24. The molecular formula is C8H11BrN6. The Morgan fingerprint density at radius 3 is 2.93 bits per heavy atom. The molecule has 0 unspecified atom stereocenters. The Hall–Kier alpha value is -1.21. The Morgan fingerprint density at radius 2 is 2.20 bits per heavy atom. The van der Waals surface area contributed by atoms with Crippen LogP contribution in [0.15, 0.2) is 11.1 Å². The first kappa shape index (κ1) is 10.3. The lowest BCUT2D eigenvalue weighted by atomic mass is 10.4. The summed E-state index contributed by atoms with van der Waals surface area (Å²) in [6.45, 7) is 1.40. The number of anilines is 1. The molecule has 0 saturated heterocycles. The zero-order chi connectivity index (χ0) is 10.8. The summed E-state index contributed by atoms with van der Waals surface area (Å²) < 4.78 is 2.64. The highest BCUT2D eigenvalue weighted by molar-refractivity contribution is 9.10. The number of aromatic nitrogens is 4. The lowest BCUT2D eigenvalue weighted by Gasteiger charge is -2.02. The van der Waals surface area contributed by atoms with Crippen LogP contribution in [-0.2, 0) is 6.54 Å². The van der Waals surface area contributed by atoms with E-state index in [1.807, 2.05) is 4.57 Å². The molecule has 7 heteroatoms. The molecule has 2 aromatic heterocycles. The molecule has 2 rings (SSSR count). The number of nitrogen functional groups attached to an aromatic ring is 1. The average molecular weight is 271 g/mol. The van der Waals surface area contributed by atoms with Crippen molar-refractivity contribution in [3.05, 3.63) is 11.1 Å². The number of rotatable bonds is 3. The topological polar surface area (TPSA) is 95.6 Å². The molecule has 0 radical (unpaired) electrons. The SMILES string of the molecule is NCCCn1c(Br)nc2c(N)ncnc21. The van der Waals surface area contributed by atoms with E-state index in [4.69, 9.17) is 11.5 Å². The second kappa shape index (κ2) is 4.11. The van der Waals surface area contributed by atoms with Gasteiger partial charge in [0.2, 0.25) is 0 Å². The molecule has 2 aromatic rings. The van der Waals surface area contributed by atoms with Gasteiger partial charge in [0.15, 0.2) is 21.7 Å². The third kappa shape index (κ3) is 1.80. The Bertz CT molecular complexity index is 479. The smallest absolute Gasteiger partial charge is 0.179 e. The summed E-state index contributed by atoms with van der Waals surface area (Å²) in [4.78, 5) is 12.3. The zero-order valence-corrected chi connectivity index (χ0v) is 9.61. The van der Waals surface area contributed by atoms with Crippen LogP contribution in [0.25, 0.3) is 11.2 Å². The van der Waals surface area contributed by atoms with Gasteiger partial charge in [0.1, 0.15) is 6.33 Å². The Balaban J connectivity index is 2.53. The fraction of sp³-hybridized carbons (Fsp3) is 0.375. The minimum Gasteiger partial charge on any atom is -0.382 e. The van der Waals surface area contributed by atoms with Gasteiger partial charge in [-0.3, -0.25) is 0 Å². The first-order valence-electron chi connectivity index (χ1n) is 4.56. The average Bonchev–Trinajstić information content (AvgIpc) is 2.54. The number of imidazole rings is 1. The number of hydrogen-bond acceptors (Lipinski definition) is 5. The molecule has 0 aliphatic rings. The van der Waals surface area contributed by atoms with Gasteiger partial charge in [-0.2, -0.15) is 0 Å². The molecule has 4 N–H and O–H groups in total. The molecule has 6 nitrogen and oxygen atoms in total. The number of halogens is 1. The van der Waals surface area contributed by atoms with E-state index >= 15 is 0 Å². The van der Waals surface area contributed by atoms with Gasteiger partial charge in [-0.1, -0.05) is 0 Å². The molecule has 0 atom stereocenters. The van der Waals surface area contributed by atoms with Crippen molar-refractivity contribution in [2.75, 3.05) is 12.3 Å². The van der Waals surface area contributed by atoms with Gasteiger partial charge in [-0.15, -0.1) is 0 Å². The van der Waals surface area contributed by atoms with Crippen LogP contribution in [0.2, 0.25) is 0 Å². The van der Waals surface area contributed by atoms with Gasteiger partial charge in [-0.25, -0.2) is 15.0 Å². The largest absolute Gasteiger partial charge is 0.382 e. The Kier molecular flexibility index (Phi) is 2.83. The van der Waals surface area contributed by atoms with Crippen LogP contribution >= 0.6 is 15.9 Å². The molecule has 0 fully saturated rings. The summed E-state index contributed by atoms with van der Waals surface area (Å²) in [5.74, 6) is 0.396. The summed E-state index contributed by atoms with van der Waals surface area (Å²) >= 11 is 3.36. The van der Waals surface area contributed by atoms with Crippen LogP contribution in [0.3, 0.4) is 0 Å². The van der Waals surface area contributed by atoms with E-state index in [0.717, 1.165) is 18.6 Å². The van der Waals surface area contributed by atoms with E-state index in [9.17, 15) is 0 Å². The second-order valence-corrected chi connectivity index (χ2v) is 3.82. The van der Waals surface area contributed by atoms with Gasteiger partial charge in [0.05, 0.1) is 0 Å². The highest BCUT2D eigenvalue weighted by atomic mass is 79.9. The van der Waals surface area contributed by atoms with Crippen molar-refractivity contribution in [2.45, 2.75) is 13.0 Å². The Labute approximate surface area is 94.8 Å². The lowest BCUT2D eigenvalue weighted by Crippen LogP contribution is -2.06. The van der Waals surface area contributed by atoms with Gasteiger partial charge in [-0.05, 0) is 28.9 Å². The molecule has 0 aliphatic heterocycles. The van der Waals surface area contributed by atoms with Crippen LogP contribution in [0.1, 0.15) is 6.42 Å². The third-order valence-electron chi connectivity index (χ3n) is 2.10. The summed E-state index contributed by atoms with van der Waals surface area (Å²) in [5, 5.41) is 0. The van der Waals surface area contributed by atoms with E-state index in [1.165, 1.54) is 6.33 Å². The standard InChI is InChI=1S/C8H11BrN6/c9-8-14-5-6(11)12-4-13-7(5)15(8)3-1-2-10/h4H,1-3,10H2,(H2,11,12,13). The highest BCUT2D eigenvalue weighted by Crippen LogP contribution is 2.21. The summed E-state index contributed by atoms with van der Waals surface area (Å²) in [7, 11) is 0. The van der Waals surface area contributed by atoms with Crippen molar-refractivity contribution in [3.63, 3.8) is 0 Å². The van der Waals surface area contributed by atoms with Crippen molar-refractivity contribution in [1.29, 1.82) is 0 Å². The highest BCUT2D eigenvalue weighted by Gasteiger charge is 2.11. The minimum absolute atomic E-state index is 0.396. The fourth-order valence-electron chi connectivity index (χ4n) is 1.37. The fourth-order valence-corrected chi connectivity index (χ4v) is 1.90. The van der Waals surface area contributed by atoms with Crippen LogP contribution in [0.5, 0.6) is 0 Å². The van der Waals surface area contributed by atoms with E-state index in [0.29, 0.717) is 22.6 Å².